The van der Waals surface area contributed by atoms with Crippen molar-refractivity contribution in [3.63, 3.8) is 0 Å². The molecule has 21 heavy (non-hydrogen) atoms. The van der Waals surface area contributed by atoms with Crippen LogP contribution in [0, 0.1) is 0 Å². The number of carbonyl (C=O) groups is 1. The first-order valence-corrected chi connectivity index (χ1v) is 6.62. The van der Waals surface area contributed by atoms with Gasteiger partial charge in [-0.3, -0.25) is 4.79 Å². The van der Waals surface area contributed by atoms with Gasteiger partial charge in [0.25, 0.3) is 0 Å². The number of rotatable bonds is 6. The first-order chi connectivity index (χ1) is 10.1. The largest absolute Gasteiger partial charge is 0.355 e. The summed E-state index contributed by atoms with van der Waals surface area (Å²) in [6, 6.07) is 9.64. The van der Waals surface area contributed by atoms with Crippen molar-refractivity contribution in [3.8, 4) is 0 Å². The van der Waals surface area contributed by atoms with E-state index in [9.17, 15) is 4.79 Å². The lowest BCUT2D eigenvalue weighted by molar-refractivity contribution is -0.127. The Hall–Kier alpha value is -2.41. The zero-order valence-corrected chi connectivity index (χ0v) is 12.2. The molecule has 2 rings (SSSR count). The highest BCUT2D eigenvalue weighted by atomic mass is 16.5. The number of amides is 1. The second kappa shape index (κ2) is 6.85. The van der Waals surface area contributed by atoms with Crippen LogP contribution < -0.4 is 10.6 Å². The summed E-state index contributed by atoms with van der Waals surface area (Å²) < 4.78 is 4.99. The summed E-state index contributed by atoms with van der Waals surface area (Å²) in [5, 5.41) is 3.87. The maximum absolute atomic E-state index is 12.0. The Morgan fingerprint density at radius 3 is 2.57 bits per heavy atom. The van der Waals surface area contributed by atoms with Crippen molar-refractivity contribution < 1.29 is 9.32 Å². The van der Waals surface area contributed by atoms with Gasteiger partial charge in [0, 0.05) is 19.8 Å². The van der Waals surface area contributed by atoms with Gasteiger partial charge in [0.2, 0.25) is 11.8 Å². The van der Waals surface area contributed by atoms with Gasteiger partial charge in [-0.05, 0) is 12.1 Å². The van der Waals surface area contributed by atoms with E-state index in [2.05, 4.69) is 10.1 Å². The SMILES string of the molecule is CN(C)C(=O)CN(Cc1noc(CN)n1)c1ccccc1. The van der Waals surface area contributed by atoms with E-state index < -0.39 is 0 Å². The number of carbonyl (C=O) groups excluding carboxylic acids is 1. The molecule has 0 bridgehead atoms. The molecule has 0 aliphatic carbocycles. The average Bonchev–Trinajstić information content (AvgIpc) is 2.95. The van der Waals surface area contributed by atoms with E-state index in [0.717, 1.165) is 5.69 Å². The van der Waals surface area contributed by atoms with Gasteiger partial charge in [-0.15, -0.1) is 0 Å². The highest BCUT2D eigenvalue weighted by molar-refractivity contribution is 5.80. The van der Waals surface area contributed by atoms with E-state index in [-0.39, 0.29) is 19.0 Å². The highest BCUT2D eigenvalue weighted by Crippen LogP contribution is 2.15. The van der Waals surface area contributed by atoms with Gasteiger partial charge in [-0.2, -0.15) is 4.98 Å². The van der Waals surface area contributed by atoms with Crippen LogP contribution in [0.3, 0.4) is 0 Å². The van der Waals surface area contributed by atoms with Crippen LogP contribution in [0.25, 0.3) is 0 Å². The molecule has 0 aliphatic heterocycles. The van der Waals surface area contributed by atoms with Gasteiger partial charge in [-0.1, -0.05) is 23.4 Å². The third-order valence-electron chi connectivity index (χ3n) is 2.96. The van der Waals surface area contributed by atoms with Crippen LogP contribution in [0.15, 0.2) is 34.9 Å². The quantitative estimate of drug-likeness (QED) is 0.838. The molecule has 0 aliphatic rings. The predicted octanol–water partition coefficient (Wildman–Crippen LogP) is 0.623. The van der Waals surface area contributed by atoms with Gasteiger partial charge in [-0.25, -0.2) is 0 Å². The molecule has 7 heteroatoms. The van der Waals surface area contributed by atoms with Crippen molar-refractivity contribution in [2.75, 3.05) is 25.5 Å². The summed E-state index contributed by atoms with van der Waals surface area (Å²) in [6.07, 6.45) is 0. The predicted molar refractivity (Wildman–Crippen MR) is 78.4 cm³/mol. The maximum Gasteiger partial charge on any atom is 0.241 e. The Labute approximate surface area is 123 Å². The minimum Gasteiger partial charge on any atom is -0.355 e. The summed E-state index contributed by atoms with van der Waals surface area (Å²) >= 11 is 0. The van der Waals surface area contributed by atoms with Crippen molar-refractivity contribution in [2.45, 2.75) is 13.1 Å². The van der Waals surface area contributed by atoms with Gasteiger partial charge in [0.05, 0.1) is 19.6 Å². The molecule has 0 saturated carbocycles. The number of para-hydroxylation sites is 1. The van der Waals surface area contributed by atoms with E-state index in [1.54, 1.807) is 19.0 Å². The molecule has 7 nitrogen and oxygen atoms in total. The normalized spacial score (nSPS) is 10.4. The molecule has 0 unspecified atom stereocenters. The van der Waals surface area contributed by atoms with Crippen molar-refractivity contribution in [1.82, 2.24) is 15.0 Å². The van der Waals surface area contributed by atoms with E-state index in [0.29, 0.717) is 18.3 Å². The van der Waals surface area contributed by atoms with Crippen LogP contribution in [0.5, 0.6) is 0 Å². The summed E-state index contributed by atoms with van der Waals surface area (Å²) in [5.74, 6) is 0.893. The minimum atomic E-state index is 0.00129. The Morgan fingerprint density at radius 2 is 2.00 bits per heavy atom. The Morgan fingerprint density at radius 1 is 1.29 bits per heavy atom. The van der Waals surface area contributed by atoms with Gasteiger partial charge in [0.1, 0.15) is 0 Å². The van der Waals surface area contributed by atoms with Crippen molar-refractivity contribution in [2.24, 2.45) is 5.73 Å². The molecule has 1 aromatic carbocycles. The van der Waals surface area contributed by atoms with Crippen LogP contribution in [0.2, 0.25) is 0 Å². The molecule has 2 N–H and O–H groups in total. The van der Waals surface area contributed by atoms with E-state index in [1.165, 1.54) is 0 Å². The van der Waals surface area contributed by atoms with E-state index in [1.807, 2.05) is 35.2 Å². The van der Waals surface area contributed by atoms with Crippen LogP contribution in [0.1, 0.15) is 11.7 Å². The van der Waals surface area contributed by atoms with E-state index >= 15 is 0 Å². The van der Waals surface area contributed by atoms with Crippen LogP contribution in [0.4, 0.5) is 5.69 Å². The lowest BCUT2D eigenvalue weighted by Gasteiger charge is -2.24. The molecular formula is C14H19N5O2. The summed E-state index contributed by atoms with van der Waals surface area (Å²) in [6.45, 7) is 0.825. The molecule has 1 heterocycles. The fourth-order valence-electron chi connectivity index (χ4n) is 1.79. The third-order valence-corrected chi connectivity index (χ3v) is 2.96. The number of hydrogen-bond acceptors (Lipinski definition) is 6. The monoisotopic (exact) mass is 289 g/mol. The zero-order valence-electron chi connectivity index (χ0n) is 12.2. The van der Waals surface area contributed by atoms with Gasteiger partial charge >= 0.3 is 0 Å². The number of aromatic nitrogens is 2. The number of hydrogen-bond donors (Lipinski definition) is 1. The Kier molecular flexibility index (Phi) is 4.89. The highest BCUT2D eigenvalue weighted by Gasteiger charge is 2.16. The second-order valence-corrected chi connectivity index (χ2v) is 4.79. The number of benzene rings is 1. The summed E-state index contributed by atoms with van der Waals surface area (Å²) in [4.78, 5) is 19.6. The molecule has 1 amide bonds. The molecule has 0 saturated heterocycles. The molecule has 112 valence electrons. The smallest absolute Gasteiger partial charge is 0.241 e. The standard InChI is InChI=1S/C14H19N5O2/c1-18(2)14(20)10-19(11-6-4-3-5-7-11)9-12-16-13(8-15)21-17-12/h3-7H,8-10,15H2,1-2H3. The molecule has 0 radical (unpaired) electrons. The van der Waals surface area contributed by atoms with Crippen LogP contribution >= 0.6 is 0 Å². The second-order valence-electron chi connectivity index (χ2n) is 4.79. The summed E-state index contributed by atoms with van der Waals surface area (Å²) in [5.41, 5.74) is 6.38. The Balaban J connectivity index is 2.17. The van der Waals surface area contributed by atoms with Crippen molar-refractivity contribution in [3.05, 3.63) is 42.0 Å². The number of likely N-dealkylation sites (N-methyl/N-ethyl adjacent to an activating group) is 1. The molecule has 0 spiro atoms. The van der Waals surface area contributed by atoms with Gasteiger partial charge in [0.15, 0.2) is 5.82 Å². The van der Waals surface area contributed by atoms with Crippen molar-refractivity contribution in [1.29, 1.82) is 0 Å². The average molecular weight is 289 g/mol. The lowest BCUT2D eigenvalue weighted by atomic mass is 10.2. The first-order valence-electron chi connectivity index (χ1n) is 6.62. The zero-order chi connectivity index (χ0) is 15.2. The van der Waals surface area contributed by atoms with E-state index in [4.69, 9.17) is 10.3 Å². The maximum atomic E-state index is 12.0. The van der Waals surface area contributed by atoms with Gasteiger partial charge < -0.3 is 20.1 Å². The fourth-order valence-corrected chi connectivity index (χ4v) is 1.79. The number of anilines is 1. The van der Waals surface area contributed by atoms with Crippen molar-refractivity contribution >= 4 is 11.6 Å². The summed E-state index contributed by atoms with van der Waals surface area (Å²) in [7, 11) is 3.46. The molecule has 0 fully saturated rings. The Bertz CT molecular complexity index is 582. The fraction of sp³-hybridized carbons (Fsp3) is 0.357. The van der Waals surface area contributed by atoms with Crippen LogP contribution in [-0.4, -0.2) is 41.6 Å². The first kappa shape index (κ1) is 15.0. The molecule has 0 atom stereocenters. The molecular weight excluding hydrogens is 270 g/mol. The minimum absolute atomic E-state index is 0.00129. The topological polar surface area (TPSA) is 88.5 Å². The molecule has 2 aromatic rings. The van der Waals surface area contributed by atoms with Crippen LogP contribution in [-0.2, 0) is 17.9 Å². The number of nitrogens with two attached hydrogens (primary N) is 1. The lowest BCUT2D eigenvalue weighted by Crippen LogP contribution is -2.36. The molecule has 1 aromatic heterocycles. The third kappa shape index (κ3) is 4.03. The number of nitrogens with zero attached hydrogens (tertiary/aromatic N) is 4.